The lowest BCUT2D eigenvalue weighted by atomic mass is 10.0. The van der Waals surface area contributed by atoms with Crippen LogP contribution in [-0.2, 0) is 19.6 Å². The summed E-state index contributed by atoms with van der Waals surface area (Å²) in [6, 6.07) is 7.63. The SMILES string of the molecule is CCOC(=O)/C(=C/OC)c1ccccc1CBr. The summed E-state index contributed by atoms with van der Waals surface area (Å²) in [6.07, 6.45) is 1.42. The zero-order valence-corrected chi connectivity index (χ0v) is 11.5. The van der Waals surface area contributed by atoms with Crippen molar-refractivity contribution in [3.63, 3.8) is 0 Å². The van der Waals surface area contributed by atoms with Crippen molar-refractivity contribution in [3.8, 4) is 0 Å². The molecule has 0 aliphatic heterocycles. The number of rotatable bonds is 5. The molecule has 0 heterocycles. The summed E-state index contributed by atoms with van der Waals surface area (Å²) < 4.78 is 9.96. The van der Waals surface area contributed by atoms with Crippen molar-refractivity contribution in [1.82, 2.24) is 0 Å². The first-order valence-electron chi connectivity index (χ1n) is 5.28. The standard InChI is InChI=1S/C13H15BrO3/c1-3-17-13(15)12(9-16-2)11-7-5-4-6-10(11)8-14/h4-7,9H,3,8H2,1-2H3/b12-9+. The van der Waals surface area contributed by atoms with Crippen LogP contribution in [0.1, 0.15) is 18.1 Å². The molecule has 1 aromatic rings. The van der Waals surface area contributed by atoms with Crippen molar-refractivity contribution in [2.45, 2.75) is 12.3 Å². The number of alkyl halides is 1. The Morgan fingerprint density at radius 3 is 2.71 bits per heavy atom. The quantitative estimate of drug-likeness (QED) is 0.363. The van der Waals surface area contributed by atoms with Crippen LogP contribution in [-0.4, -0.2) is 19.7 Å². The lowest BCUT2D eigenvalue weighted by Gasteiger charge is -2.10. The fourth-order valence-corrected chi connectivity index (χ4v) is 1.94. The Hall–Kier alpha value is -1.29. The summed E-state index contributed by atoms with van der Waals surface area (Å²) in [6.45, 7) is 2.12. The minimum atomic E-state index is -0.372. The highest BCUT2D eigenvalue weighted by Crippen LogP contribution is 2.22. The maximum atomic E-state index is 11.8. The molecular formula is C13H15BrO3. The van der Waals surface area contributed by atoms with Crippen LogP contribution >= 0.6 is 15.9 Å². The maximum absolute atomic E-state index is 11.8. The van der Waals surface area contributed by atoms with Gasteiger partial charge in [-0.2, -0.15) is 0 Å². The van der Waals surface area contributed by atoms with Crippen LogP contribution in [0.2, 0.25) is 0 Å². The molecular weight excluding hydrogens is 284 g/mol. The van der Waals surface area contributed by atoms with E-state index in [-0.39, 0.29) is 5.97 Å². The van der Waals surface area contributed by atoms with Gasteiger partial charge in [0.25, 0.3) is 0 Å². The Kier molecular flexibility index (Phi) is 5.77. The zero-order valence-electron chi connectivity index (χ0n) is 9.90. The molecule has 0 saturated carbocycles. The average molecular weight is 299 g/mol. The normalized spacial score (nSPS) is 11.1. The molecule has 0 N–H and O–H groups in total. The van der Waals surface area contributed by atoms with Crippen LogP contribution in [0, 0.1) is 0 Å². The predicted octanol–water partition coefficient (Wildman–Crippen LogP) is 3.13. The van der Waals surface area contributed by atoms with Crippen molar-refractivity contribution in [1.29, 1.82) is 0 Å². The van der Waals surface area contributed by atoms with E-state index in [4.69, 9.17) is 9.47 Å². The van der Waals surface area contributed by atoms with Gasteiger partial charge < -0.3 is 9.47 Å². The number of methoxy groups -OCH3 is 1. The Morgan fingerprint density at radius 1 is 1.41 bits per heavy atom. The maximum Gasteiger partial charge on any atom is 0.341 e. The van der Waals surface area contributed by atoms with Crippen LogP contribution < -0.4 is 0 Å². The third kappa shape index (κ3) is 3.60. The summed E-state index contributed by atoms with van der Waals surface area (Å²) in [5, 5.41) is 0.670. The number of benzene rings is 1. The van der Waals surface area contributed by atoms with Gasteiger partial charge in [0.2, 0.25) is 0 Å². The summed E-state index contributed by atoms with van der Waals surface area (Å²) in [5.74, 6) is -0.372. The minimum Gasteiger partial charge on any atom is -0.503 e. The number of carbonyl (C=O) groups excluding carboxylic acids is 1. The molecule has 3 nitrogen and oxygen atoms in total. The van der Waals surface area contributed by atoms with E-state index in [0.717, 1.165) is 11.1 Å². The first-order valence-corrected chi connectivity index (χ1v) is 6.41. The first kappa shape index (κ1) is 13.8. The van der Waals surface area contributed by atoms with Gasteiger partial charge in [0.15, 0.2) is 0 Å². The largest absolute Gasteiger partial charge is 0.503 e. The molecule has 92 valence electrons. The van der Waals surface area contributed by atoms with Crippen LogP contribution in [0.25, 0.3) is 5.57 Å². The third-order valence-electron chi connectivity index (χ3n) is 2.18. The average Bonchev–Trinajstić information content (AvgIpc) is 2.36. The molecule has 0 amide bonds. The van der Waals surface area contributed by atoms with E-state index in [0.29, 0.717) is 17.5 Å². The van der Waals surface area contributed by atoms with Gasteiger partial charge in [-0.3, -0.25) is 0 Å². The van der Waals surface area contributed by atoms with E-state index in [1.807, 2.05) is 24.3 Å². The van der Waals surface area contributed by atoms with Gasteiger partial charge in [-0.25, -0.2) is 4.79 Å². The van der Waals surface area contributed by atoms with Gasteiger partial charge in [0.1, 0.15) is 5.57 Å². The Balaban J connectivity index is 3.14. The van der Waals surface area contributed by atoms with E-state index in [1.54, 1.807) is 6.92 Å². The van der Waals surface area contributed by atoms with E-state index < -0.39 is 0 Å². The molecule has 1 rings (SSSR count). The van der Waals surface area contributed by atoms with E-state index in [9.17, 15) is 4.79 Å². The molecule has 0 aliphatic carbocycles. The number of ether oxygens (including phenoxy) is 2. The van der Waals surface area contributed by atoms with Crippen molar-refractivity contribution < 1.29 is 14.3 Å². The van der Waals surface area contributed by atoms with Crippen molar-refractivity contribution in [2.24, 2.45) is 0 Å². The lowest BCUT2D eigenvalue weighted by molar-refractivity contribution is -0.136. The second-order valence-electron chi connectivity index (χ2n) is 3.28. The smallest absolute Gasteiger partial charge is 0.341 e. The Bertz CT molecular complexity index is 413. The minimum absolute atomic E-state index is 0.344. The van der Waals surface area contributed by atoms with Crippen LogP contribution in [0.15, 0.2) is 30.5 Å². The summed E-state index contributed by atoms with van der Waals surface area (Å²) in [4.78, 5) is 11.8. The summed E-state index contributed by atoms with van der Waals surface area (Å²) >= 11 is 3.40. The summed E-state index contributed by atoms with van der Waals surface area (Å²) in [5.41, 5.74) is 2.28. The topological polar surface area (TPSA) is 35.5 Å². The van der Waals surface area contributed by atoms with Crippen LogP contribution in [0.3, 0.4) is 0 Å². The predicted molar refractivity (Wildman–Crippen MR) is 70.7 cm³/mol. The number of hydrogen-bond acceptors (Lipinski definition) is 3. The lowest BCUT2D eigenvalue weighted by Crippen LogP contribution is -2.08. The number of hydrogen-bond donors (Lipinski definition) is 0. The highest BCUT2D eigenvalue weighted by Gasteiger charge is 2.16. The highest BCUT2D eigenvalue weighted by molar-refractivity contribution is 9.08. The summed E-state index contributed by atoms with van der Waals surface area (Å²) in [7, 11) is 1.51. The zero-order chi connectivity index (χ0) is 12.7. The molecule has 0 spiro atoms. The molecule has 0 unspecified atom stereocenters. The van der Waals surface area contributed by atoms with E-state index >= 15 is 0 Å². The molecule has 1 aromatic carbocycles. The monoisotopic (exact) mass is 298 g/mol. The Morgan fingerprint density at radius 2 is 2.12 bits per heavy atom. The molecule has 17 heavy (non-hydrogen) atoms. The van der Waals surface area contributed by atoms with Gasteiger partial charge in [0.05, 0.1) is 20.0 Å². The molecule has 0 bridgehead atoms. The van der Waals surface area contributed by atoms with Gasteiger partial charge in [-0.15, -0.1) is 0 Å². The van der Waals surface area contributed by atoms with E-state index in [2.05, 4.69) is 15.9 Å². The number of halogens is 1. The fraction of sp³-hybridized carbons (Fsp3) is 0.308. The fourth-order valence-electron chi connectivity index (χ4n) is 1.45. The molecule has 0 radical (unpaired) electrons. The van der Waals surface area contributed by atoms with Gasteiger partial charge in [-0.1, -0.05) is 40.2 Å². The second kappa shape index (κ2) is 7.12. The molecule has 4 heteroatoms. The van der Waals surface area contributed by atoms with Crippen molar-refractivity contribution in [3.05, 3.63) is 41.7 Å². The van der Waals surface area contributed by atoms with Crippen LogP contribution in [0.5, 0.6) is 0 Å². The van der Waals surface area contributed by atoms with Crippen LogP contribution in [0.4, 0.5) is 0 Å². The number of carbonyl (C=O) groups is 1. The first-order chi connectivity index (χ1) is 8.24. The molecule has 0 fully saturated rings. The van der Waals surface area contributed by atoms with Gasteiger partial charge in [-0.05, 0) is 18.1 Å². The van der Waals surface area contributed by atoms with Gasteiger partial charge >= 0.3 is 5.97 Å². The molecule has 0 atom stereocenters. The molecule has 0 saturated heterocycles. The van der Waals surface area contributed by atoms with Crippen molar-refractivity contribution >= 4 is 27.5 Å². The highest BCUT2D eigenvalue weighted by atomic mass is 79.9. The van der Waals surface area contributed by atoms with Gasteiger partial charge in [0, 0.05) is 5.33 Å². The van der Waals surface area contributed by atoms with Crippen molar-refractivity contribution in [2.75, 3.05) is 13.7 Å². The Labute approximate surface area is 110 Å². The molecule has 0 aliphatic rings. The third-order valence-corrected chi connectivity index (χ3v) is 2.79. The molecule has 0 aromatic heterocycles. The number of esters is 1. The van der Waals surface area contributed by atoms with E-state index in [1.165, 1.54) is 13.4 Å². The second-order valence-corrected chi connectivity index (χ2v) is 3.84.